The van der Waals surface area contributed by atoms with Gasteiger partial charge in [0, 0.05) is 52.1 Å². The van der Waals surface area contributed by atoms with Gasteiger partial charge in [0.2, 0.25) is 0 Å². The number of benzene rings is 1. The third kappa shape index (κ3) is 3.29. The molecule has 3 aromatic rings. The van der Waals surface area contributed by atoms with E-state index in [9.17, 15) is 0 Å². The molecule has 132 valence electrons. The van der Waals surface area contributed by atoms with Gasteiger partial charge in [-0.25, -0.2) is 9.67 Å². The molecule has 3 heterocycles. The van der Waals surface area contributed by atoms with Crippen LogP contribution in [0.15, 0.2) is 30.6 Å². The van der Waals surface area contributed by atoms with Crippen molar-refractivity contribution >= 4 is 11.0 Å². The smallest absolute Gasteiger partial charge is 0.137 e. The first-order valence-corrected chi connectivity index (χ1v) is 8.80. The van der Waals surface area contributed by atoms with Crippen LogP contribution in [0.25, 0.3) is 11.0 Å². The fourth-order valence-corrected chi connectivity index (χ4v) is 3.59. The van der Waals surface area contributed by atoms with Crippen molar-refractivity contribution in [2.24, 2.45) is 20.0 Å². The van der Waals surface area contributed by atoms with E-state index in [1.165, 1.54) is 5.56 Å². The highest BCUT2D eigenvalue weighted by Crippen LogP contribution is 2.32. The van der Waals surface area contributed by atoms with Crippen LogP contribution in [-0.4, -0.2) is 37.7 Å². The molecule has 1 aliphatic heterocycles. The van der Waals surface area contributed by atoms with E-state index in [1.807, 2.05) is 26.5 Å². The molecule has 0 unspecified atom stereocenters. The molecule has 0 radical (unpaired) electrons. The number of imidazole rings is 1. The van der Waals surface area contributed by atoms with Crippen LogP contribution in [0.2, 0.25) is 0 Å². The minimum absolute atomic E-state index is 0.0729. The minimum atomic E-state index is 0.0729. The van der Waals surface area contributed by atoms with Gasteiger partial charge >= 0.3 is 0 Å². The molecular weight excluding hydrogens is 316 g/mol. The Bertz CT molecular complexity index is 854. The summed E-state index contributed by atoms with van der Waals surface area (Å²) in [5.41, 5.74) is 3.21. The number of nitrogens with zero attached hydrogens (tertiary/aromatic N) is 5. The number of aromatic nitrogens is 5. The van der Waals surface area contributed by atoms with Gasteiger partial charge in [-0.05, 0) is 30.5 Å². The standard InChI is InChI=1S/C18H24N6O/c1-23-8-7-20-18(23)17-14(4-3-9-25-17)12-19-11-13-5-6-16-15(10-13)21-22-24(16)2/h5-8,10,14,17,19H,3-4,9,11-12H2,1-2H3/t14-,17+/m0/s1. The SMILES string of the molecule is Cn1ccnc1[C@@H]1OCCC[C@H]1CNCc1ccc2c(c1)nnn2C. The van der Waals surface area contributed by atoms with E-state index in [1.54, 1.807) is 4.68 Å². The van der Waals surface area contributed by atoms with Gasteiger partial charge in [-0.3, -0.25) is 0 Å². The maximum absolute atomic E-state index is 6.03. The van der Waals surface area contributed by atoms with E-state index >= 15 is 0 Å². The molecule has 4 rings (SSSR count). The van der Waals surface area contributed by atoms with Crippen LogP contribution in [0, 0.1) is 5.92 Å². The van der Waals surface area contributed by atoms with E-state index in [2.05, 4.69) is 43.4 Å². The third-order valence-electron chi connectivity index (χ3n) is 4.97. The van der Waals surface area contributed by atoms with Crippen LogP contribution in [0.4, 0.5) is 0 Å². The molecule has 0 spiro atoms. The molecule has 25 heavy (non-hydrogen) atoms. The first-order chi connectivity index (χ1) is 12.2. The van der Waals surface area contributed by atoms with Crippen molar-refractivity contribution in [2.75, 3.05) is 13.2 Å². The summed E-state index contributed by atoms with van der Waals surface area (Å²) in [4.78, 5) is 4.49. The molecule has 1 fully saturated rings. The summed E-state index contributed by atoms with van der Waals surface area (Å²) in [6.45, 7) is 2.55. The van der Waals surface area contributed by atoms with Gasteiger partial charge in [-0.15, -0.1) is 5.10 Å². The lowest BCUT2D eigenvalue weighted by atomic mass is 9.93. The largest absolute Gasteiger partial charge is 0.370 e. The molecule has 2 atom stereocenters. The Morgan fingerprint density at radius 1 is 1.32 bits per heavy atom. The summed E-state index contributed by atoms with van der Waals surface area (Å²) in [5, 5.41) is 11.8. The maximum Gasteiger partial charge on any atom is 0.137 e. The number of rotatable bonds is 5. The number of nitrogens with one attached hydrogen (secondary N) is 1. The summed E-state index contributed by atoms with van der Waals surface area (Å²) in [6.07, 6.45) is 6.16. The van der Waals surface area contributed by atoms with E-state index in [-0.39, 0.29) is 6.10 Å². The average Bonchev–Trinajstić information content (AvgIpc) is 3.21. The second kappa shape index (κ2) is 6.93. The predicted molar refractivity (Wildman–Crippen MR) is 94.8 cm³/mol. The van der Waals surface area contributed by atoms with Crippen molar-refractivity contribution in [3.8, 4) is 0 Å². The average molecular weight is 340 g/mol. The van der Waals surface area contributed by atoms with Crippen LogP contribution in [-0.2, 0) is 25.4 Å². The van der Waals surface area contributed by atoms with Gasteiger partial charge in [0.15, 0.2) is 0 Å². The van der Waals surface area contributed by atoms with Crippen LogP contribution in [0.3, 0.4) is 0 Å². The zero-order valence-electron chi connectivity index (χ0n) is 14.7. The lowest BCUT2D eigenvalue weighted by Gasteiger charge is -2.31. The zero-order valence-corrected chi connectivity index (χ0v) is 14.7. The quantitative estimate of drug-likeness (QED) is 0.769. The molecular formula is C18H24N6O. The second-order valence-corrected chi connectivity index (χ2v) is 6.76. The molecule has 7 nitrogen and oxygen atoms in total. The molecule has 1 aliphatic rings. The summed E-state index contributed by atoms with van der Waals surface area (Å²) in [5.74, 6) is 1.46. The monoisotopic (exact) mass is 340 g/mol. The summed E-state index contributed by atoms with van der Waals surface area (Å²) in [7, 11) is 3.94. The van der Waals surface area contributed by atoms with Gasteiger partial charge in [-0.2, -0.15) is 0 Å². The van der Waals surface area contributed by atoms with Crippen LogP contribution < -0.4 is 5.32 Å². The number of fused-ring (bicyclic) bond motifs is 1. The van der Waals surface area contributed by atoms with E-state index in [0.717, 1.165) is 49.4 Å². The zero-order chi connectivity index (χ0) is 17.2. The summed E-state index contributed by atoms with van der Waals surface area (Å²) >= 11 is 0. The fraction of sp³-hybridized carbons (Fsp3) is 0.500. The fourth-order valence-electron chi connectivity index (χ4n) is 3.59. The Kier molecular flexibility index (Phi) is 4.50. The molecule has 1 N–H and O–H groups in total. The Labute approximate surface area is 147 Å². The normalized spacial score (nSPS) is 21.0. The maximum atomic E-state index is 6.03. The lowest BCUT2D eigenvalue weighted by Crippen LogP contribution is -2.33. The molecule has 1 saturated heterocycles. The van der Waals surface area contributed by atoms with Gasteiger partial charge in [0.1, 0.15) is 17.4 Å². The van der Waals surface area contributed by atoms with Gasteiger partial charge in [-0.1, -0.05) is 11.3 Å². The molecule has 0 saturated carbocycles. The highest BCUT2D eigenvalue weighted by atomic mass is 16.5. The van der Waals surface area contributed by atoms with Crippen molar-refractivity contribution < 1.29 is 4.74 Å². The third-order valence-corrected chi connectivity index (χ3v) is 4.97. The second-order valence-electron chi connectivity index (χ2n) is 6.76. The molecule has 2 aromatic heterocycles. The Balaban J connectivity index is 1.39. The highest BCUT2D eigenvalue weighted by Gasteiger charge is 2.29. The Morgan fingerprint density at radius 3 is 3.08 bits per heavy atom. The van der Waals surface area contributed by atoms with Crippen molar-refractivity contribution in [1.29, 1.82) is 0 Å². The number of hydrogen-bond donors (Lipinski definition) is 1. The van der Waals surface area contributed by atoms with Crippen molar-refractivity contribution in [1.82, 2.24) is 29.9 Å². The van der Waals surface area contributed by atoms with Gasteiger partial charge in [0.25, 0.3) is 0 Å². The number of ether oxygens (including phenoxy) is 1. The van der Waals surface area contributed by atoms with Crippen molar-refractivity contribution in [3.05, 3.63) is 42.0 Å². The lowest BCUT2D eigenvalue weighted by molar-refractivity contribution is -0.0344. The van der Waals surface area contributed by atoms with Crippen LogP contribution in [0.1, 0.15) is 30.3 Å². The summed E-state index contributed by atoms with van der Waals surface area (Å²) < 4.78 is 9.89. The number of hydrogen-bond acceptors (Lipinski definition) is 5. The minimum Gasteiger partial charge on any atom is -0.370 e. The van der Waals surface area contributed by atoms with Crippen molar-refractivity contribution in [2.45, 2.75) is 25.5 Å². The molecule has 7 heteroatoms. The summed E-state index contributed by atoms with van der Waals surface area (Å²) in [6, 6.07) is 6.31. The van der Waals surface area contributed by atoms with E-state index < -0.39 is 0 Å². The molecule has 0 aliphatic carbocycles. The first kappa shape index (κ1) is 16.2. The van der Waals surface area contributed by atoms with Crippen molar-refractivity contribution in [3.63, 3.8) is 0 Å². The van der Waals surface area contributed by atoms with Gasteiger partial charge in [0.05, 0.1) is 5.52 Å². The highest BCUT2D eigenvalue weighted by molar-refractivity contribution is 5.74. The molecule has 0 bridgehead atoms. The van der Waals surface area contributed by atoms with Gasteiger partial charge < -0.3 is 14.6 Å². The van der Waals surface area contributed by atoms with E-state index in [4.69, 9.17) is 4.74 Å². The topological polar surface area (TPSA) is 69.8 Å². The predicted octanol–water partition coefficient (Wildman–Crippen LogP) is 1.96. The molecule has 0 amide bonds. The number of aryl methyl sites for hydroxylation is 2. The first-order valence-electron chi connectivity index (χ1n) is 8.80. The van der Waals surface area contributed by atoms with Crippen LogP contribution >= 0.6 is 0 Å². The Morgan fingerprint density at radius 2 is 2.24 bits per heavy atom. The van der Waals surface area contributed by atoms with E-state index in [0.29, 0.717) is 5.92 Å². The Hall–Kier alpha value is -2.25. The van der Waals surface area contributed by atoms with Crippen LogP contribution in [0.5, 0.6) is 0 Å². The molecule has 1 aromatic carbocycles.